The molecule has 9 nitrogen and oxygen atoms in total. The van der Waals surface area contributed by atoms with E-state index in [0.29, 0.717) is 47.9 Å². The molecule has 1 aliphatic heterocycles. The molecule has 3 heterocycles. The van der Waals surface area contributed by atoms with Crippen LogP contribution in [-0.4, -0.2) is 41.3 Å². The first-order valence-corrected chi connectivity index (χ1v) is 12.5. The van der Waals surface area contributed by atoms with Crippen molar-refractivity contribution in [3.63, 3.8) is 0 Å². The number of benzene rings is 2. The number of aryl methyl sites for hydroxylation is 2. The summed E-state index contributed by atoms with van der Waals surface area (Å²) >= 11 is 0. The first-order chi connectivity index (χ1) is 16.8. The van der Waals surface area contributed by atoms with E-state index in [-0.39, 0.29) is 16.2 Å². The van der Waals surface area contributed by atoms with Crippen LogP contribution in [0.25, 0.3) is 16.9 Å². The van der Waals surface area contributed by atoms with E-state index in [1.54, 1.807) is 38.1 Å². The zero-order valence-electron chi connectivity index (χ0n) is 19.6. The molecule has 0 radical (unpaired) electrons. The third kappa shape index (κ3) is 4.04. The van der Waals surface area contributed by atoms with E-state index in [1.165, 1.54) is 22.2 Å². The Morgan fingerprint density at radius 2 is 1.80 bits per heavy atom. The second kappa shape index (κ2) is 8.79. The number of nitrogens with zero attached hydrogens (tertiary/aromatic N) is 4. The molecule has 1 aliphatic rings. The van der Waals surface area contributed by atoms with Crippen LogP contribution in [0.1, 0.15) is 22.6 Å². The fourth-order valence-corrected chi connectivity index (χ4v) is 5.96. The Balaban J connectivity index is 1.58. The van der Waals surface area contributed by atoms with Gasteiger partial charge in [0.1, 0.15) is 22.0 Å². The molecule has 0 atom stereocenters. The van der Waals surface area contributed by atoms with Crippen molar-refractivity contribution in [3.05, 3.63) is 87.5 Å². The van der Waals surface area contributed by atoms with Crippen LogP contribution in [0.2, 0.25) is 0 Å². The maximum absolute atomic E-state index is 13.7. The van der Waals surface area contributed by atoms with Crippen molar-refractivity contribution < 1.29 is 17.7 Å². The maximum Gasteiger partial charge on any atom is 0.271 e. The lowest BCUT2D eigenvalue weighted by molar-refractivity contribution is 0.378. The SMILES string of the molecule is COc1ccc(-c2ccc(=O)n(-c3c(C)noc3C)n2)cc1S(=O)(=O)N1CCc2ccccc2C1. The second-order valence-electron chi connectivity index (χ2n) is 8.36. The van der Waals surface area contributed by atoms with Crippen LogP contribution in [0.15, 0.2) is 68.8 Å². The Kier molecular flexibility index (Phi) is 5.78. The van der Waals surface area contributed by atoms with Gasteiger partial charge >= 0.3 is 0 Å². The van der Waals surface area contributed by atoms with Crippen LogP contribution < -0.4 is 10.3 Å². The summed E-state index contributed by atoms with van der Waals surface area (Å²) < 4.78 is 40.7. The Bertz CT molecular complexity index is 1570. The highest BCUT2D eigenvalue weighted by atomic mass is 32.2. The number of aromatic nitrogens is 3. The number of hydrogen-bond donors (Lipinski definition) is 0. The summed E-state index contributed by atoms with van der Waals surface area (Å²) in [5, 5.41) is 8.38. The summed E-state index contributed by atoms with van der Waals surface area (Å²) in [6.45, 7) is 4.09. The van der Waals surface area contributed by atoms with Crippen LogP contribution in [0.3, 0.4) is 0 Å². The molecule has 4 aromatic rings. The highest BCUT2D eigenvalue weighted by molar-refractivity contribution is 7.89. The fourth-order valence-electron chi connectivity index (χ4n) is 4.36. The Labute approximate surface area is 202 Å². The van der Waals surface area contributed by atoms with Gasteiger partial charge in [0.25, 0.3) is 5.56 Å². The Morgan fingerprint density at radius 1 is 1.03 bits per heavy atom. The average molecular weight is 493 g/mol. The highest BCUT2D eigenvalue weighted by Crippen LogP contribution is 2.33. The molecule has 0 unspecified atom stereocenters. The van der Waals surface area contributed by atoms with Gasteiger partial charge in [0.15, 0.2) is 5.76 Å². The van der Waals surface area contributed by atoms with Crippen LogP contribution in [0.5, 0.6) is 5.75 Å². The van der Waals surface area contributed by atoms with E-state index >= 15 is 0 Å². The summed E-state index contributed by atoms with van der Waals surface area (Å²) in [5.41, 5.74) is 3.74. The zero-order valence-corrected chi connectivity index (χ0v) is 20.4. The largest absolute Gasteiger partial charge is 0.495 e. The van der Waals surface area contributed by atoms with Gasteiger partial charge in [-0.2, -0.15) is 14.1 Å². The average Bonchev–Trinajstić information content (AvgIpc) is 3.21. The minimum atomic E-state index is -3.87. The van der Waals surface area contributed by atoms with Crippen LogP contribution >= 0.6 is 0 Å². The van der Waals surface area contributed by atoms with Crippen molar-refractivity contribution in [2.24, 2.45) is 0 Å². The highest BCUT2D eigenvalue weighted by Gasteiger charge is 2.31. The molecule has 0 fully saturated rings. The van der Waals surface area contributed by atoms with Gasteiger partial charge in [0, 0.05) is 24.7 Å². The van der Waals surface area contributed by atoms with E-state index in [1.807, 2.05) is 24.3 Å². The monoisotopic (exact) mass is 492 g/mol. The predicted molar refractivity (Wildman–Crippen MR) is 129 cm³/mol. The van der Waals surface area contributed by atoms with Crippen molar-refractivity contribution in [2.75, 3.05) is 13.7 Å². The number of methoxy groups -OCH3 is 1. The first-order valence-electron chi connectivity index (χ1n) is 11.1. The third-order valence-electron chi connectivity index (χ3n) is 6.18. The molecule has 180 valence electrons. The number of sulfonamides is 1. The number of ether oxygens (including phenoxy) is 1. The molecule has 0 amide bonds. The molecule has 2 aromatic heterocycles. The molecule has 0 saturated carbocycles. The normalized spacial score (nSPS) is 14.0. The second-order valence-corrected chi connectivity index (χ2v) is 10.3. The van der Waals surface area contributed by atoms with Crippen LogP contribution in [-0.2, 0) is 23.0 Å². The van der Waals surface area contributed by atoms with Gasteiger partial charge in [-0.15, -0.1) is 0 Å². The molecule has 0 aliphatic carbocycles. The first kappa shape index (κ1) is 23.0. The standard InChI is InChI=1S/C25H24N4O5S/c1-16-25(17(2)34-27-16)29-24(30)11-9-21(26-29)19-8-10-22(33-3)23(14-19)35(31,32)28-13-12-18-6-4-5-7-20(18)15-28/h4-11,14H,12-13,15H2,1-3H3. The smallest absolute Gasteiger partial charge is 0.271 e. The lowest BCUT2D eigenvalue weighted by atomic mass is 10.0. The number of hydrogen-bond acceptors (Lipinski definition) is 7. The van der Waals surface area contributed by atoms with Crippen LogP contribution in [0, 0.1) is 13.8 Å². The minimum Gasteiger partial charge on any atom is -0.495 e. The number of rotatable bonds is 5. The predicted octanol–water partition coefficient (Wildman–Crippen LogP) is 3.26. The molecule has 0 N–H and O–H groups in total. The van der Waals surface area contributed by atoms with E-state index < -0.39 is 10.0 Å². The maximum atomic E-state index is 13.7. The summed E-state index contributed by atoms with van der Waals surface area (Å²) in [4.78, 5) is 12.6. The quantitative estimate of drug-likeness (QED) is 0.421. The lowest BCUT2D eigenvalue weighted by Gasteiger charge is -2.28. The van der Waals surface area contributed by atoms with Gasteiger partial charge < -0.3 is 9.26 Å². The van der Waals surface area contributed by atoms with E-state index in [9.17, 15) is 13.2 Å². The summed E-state index contributed by atoms with van der Waals surface area (Å²) in [5.74, 6) is 0.698. The molecule has 2 aromatic carbocycles. The Hall–Kier alpha value is -3.76. The zero-order chi connectivity index (χ0) is 24.7. The Morgan fingerprint density at radius 3 is 2.51 bits per heavy atom. The molecular formula is C25H24N4O5S. The van der Waals surface area contributed by atoms with E-state index in [0.717, 1.165) is 11.1 Å². The van der Waals surface area contributed by atoms with Gasteiger partial charge in [-0.1, -0.05) is 29.4 Å². The molecule has 0 spiro atoms. The fraction of sp³-hybridized carbons (Fsp3) is 0.240. The molecule has 10 heteroatoms. The van der Waals surface area contributed by atoms with Crippen LogP contribution in [0.4, 0.5) is 0 Å². The van der Waals surface area contributed by atoms with E-state index in [4.69, 9.17) is 9.26 Å². The molecule has 0 bridgehead atoms. The summed E-state index contributed by atoms with van der Waals surface area (Å²) in [7, 11) is -2.43. The van der Waals surface area contributed by atoms with Crippen molar-refractivity contribution in [1.82, 2.24) is 19.2 Å². The molecule has 5 rings (SSSR count). The lowest BCUT2D eigenvalue weighted by Crippen LogP contribution is -2.36. The van der Waals surface area contributed by atoms with Gasteiger partial charge in [-0.3, -0.25) is 4.79 Å². The molecule has 35 heavy (non-hydrogen) atoms. The third-order valence-corrected chi connectivity index (χ3v) is 8.05. The van der Waals surface area contributed by atoms with Crippen molar-refractivity contribution in [1.29, 1.82) is 0 Å². The molecular weight excluding hydrogens is 468 g/mol. The minimum absolute atomic E-state index is 0.0498. The van der Waals surface area contributed by atoms with Gasteiger partial charge in [-0.25, -0.2) is 8.42 Å². The van der Waals surface area contributed by atoms with Crippen molar-refractivity contribution in [2.45, 2.75) is 31.7 Å². The summed E-state index contributed by atoms with van der Waals surface area (Å²) in [6, 6.07) is 15.7. The van der Waals surface area contributed by atoms with Crippen molar-refractivity contribution in [3.8, 4) is 22.7 Å². The van der Waals surface area contributed by atoms with E-state index in [2.05, 4.69) is 10.3 Å². The van der Waals surface area contributed by atoms with Gasteiger partial charge in [-0.05, 0) is 55.7 Å². The van der Waals surface area contributed by atoms with Gasteiger partial charge in [0.2, 0.25) is 10.0 Å². The molecule has 0 saturated heterocycles. The number of fused-ring (bicyclic) bond motifs is 1. The van der Waals surface area contributed by atoms with Gasteiger partial charge in [0.05, 0.1) is 12.8 Å². The topological polar surface area (TPSA) is 108 Å². The van der Waals surface area contributed by atoms with Crippen molar-refractivity contribution >= 4 is 10.0 Å². The summed E-state index contributed by atoms with van der Waals surface area (Å²) in [6.07, 6.45) is 0.640.